The van der Waals surface area contributed by atoms with Crippen LogP contribution in [0.4, 0.5) is 0 Å². The molecule has 1 fully saturated rings. The Morgan fingerprint density at radius 1 is 1.35 bits per heavy atom. The number of carboxylic acids is 1. The van der Waals surface area contributed by atoms with E-state index in [-0.39, 0.29) is 25.7 Å². The molecule has 2 aromatic rings. The summed E-state index contributed by atoms with van der Waals surface area (Å²) < 4.78 is 12.5. The van der Waals surface area contributed by atoms with Crippen molar-refractivity contribution in [1.29, 1.82) is 0 Å². The average Bonchev–Trinajstić information content (AvgIpc) is 3.24. The Hall–Kier alpha value is -3.03. The topological polar surface area (TPSA) is 93.9 Å². The predicted octanol–water partition coefficient (Wildman–Crippen LogP) is 1.71. The number of benzene rings is 1. The second-order valence-electron chi connectivity index (χ2n) is 6.53. The molecular formula is C18H19N3O5. The molecule has 0 saturated carbocycles. The molecule has 1 aromatic heterocycles. The fourth-order valence-electron chi connectivity index (χ4n) is 3.62. The second kappa shape index (κ2) is 6.36. The van der Waals surface area contributed by atoms with Crippen LogP contribution in [0.25, 0.3) is 0 Å². The van der Waals surface area contributed by atoms with Crippen molar-refractivity contribution in [3.8, 4) is 11.5 Å². The maximum atomic E-state index is 12.7. The number of ether oxygens (including phenoxy) is 2. The number of aliphatic carboxylic acids is 1. The minimum Gasteiger partial charge on any atom is -0.481 e. The van der Waals surface area contributed by atoms with Gasteiger partial charge in [-0.3, -0.25) is 9.59 Å². The third-order valence-electron chi connectivity index (χ3n) is 4.94. The van der Waals surface area contributed by atoms with Gasteiger partial charge in [0.2, 0.25) is 12.7 Å². The Balaban J connectivity index is 1.69. The summed E-state index contributed by atoms with van der Waals surface area (Å²) in [6, 6.07) is 4.88. The van der Waals surface area contributed by atoms with Crippen LogP contribution >= 0.6 is 0 Å². The summed E-state index contributed by atoms with van der Waals surface area (Å²) in [4.78, 5) is 30.4. The molecule has 0 radical (unpaired) electrons. The summed E-state index contributed by atoms with van der Waals surface area (Å²) >= 11 is 0. The molecule has 0 aliphatic carbocycles. The minimum absolute atomic E-state index is 0.0758. The van der Waals surface area contributed by atoms with E-state index in [4.69, 9.17) is 9.47 Å². The summed E-state index contributed by atoms with van der Waals surface area (Å²) in [6.45, 7) is 0.467. The molecular weight excluding hydrogens is 338 g/mol. The molecule has 0 unspecified atom stereocenters. The van der Waals surface area contributed by atoms with Crippen molar-refractivity contribution >= 4 is 11.9 Å². The van der Waals surface area contributed by atoms with Gasteiger partial charge < -0.3 is 24.0 Å². The van der Waals surface area contributed by atoms with Crippen LogP contribution in [0.3, 0.4) is 0 Å². The zero-order valence-electron chi connectivity index (χ0n) is 14.3. The van der Waals surface area contributed by atoms with Gasteiger partial charge in [-0.25, -0.2) is 4.98 Å². The van der Waals surface area contributed by atoms with Crippen LogP contribution in [0, 0.1) is 5.92 Å². The van der Waals surface area contributed by atoms with Crippen LogP contribution in [0.1, 0.15) is 30.3 Å². The van der Waals surface area contributed by atoms with Crippen molar-refractivity contribution in [3.63, 3.8) is 0 Å². The van der Waals surface area contributed by atoms with E-state index in [1.807, 2.05) is 12.1 Å². The summed E-state index contributed by atoms with van der Waals surface area (Å²) in [6.07, 6.45) is 3.89. The Bertz CT molecular complexity index is 862. The van der Waals surface area contributed by atoms with Gasteiger partial charge in [0.1, 0.15) is 11.9 Å². The number of aryl methyl sites for hydroxylation is 1. The number of carbonyl (C=O) groups is 2. The van der Waals surface area contributed by atoms with Crippen molar-refractivity contribution in [2.45, 2.75) is 25.4 Å². The lowest BCUT2D eigenvalue weighted by atomic mass is 9.87. The van der Waals surface area contributed by atoms with E-state index in [0.29, 0.717) is 23.7 Å². The molecule has 1 aromatic carbocycles. The van der Waals surface area contributed by atoms with E-state index >= 15 is 0 Å². The molecule has 26 heavy (non-hydrogen) atoms. The van der Waals surface area contributed by atoms with Gasteiger partial charge in [-0.2, -0.15) is 0 Å². The van der Waals surface area contributed by atoms with Crippen molar-refractivity contribution in [2.24, 2.45) is 13.0 Å². The monoisotopic (exact) mass is 357 g/mol. The third kappa shape index (κ3) is 2.77. The zero-order chi connectivity index (χ0) is 18.3. The lowest BCUT2D eigenvalue weighted by Gasteiger charge is -2.39. The Morgan fingerprint density at radius 2 is 2.15 bits per heavy atom. The second-order valence-corrected chi connectivity index (χ2v) is 6.53. The molecule has 1 saturated heterocycles. The first-order valence-electron chi connectivity index (χ1n) is 8.42. The van der Waals surface area contributed by atoms with Gasteiger partial charge in [-0.15, -0.1) is 0 Å². The summed E-state index contributed by atoms with van der Waals surface area (Å²) in [5, 5.41) is 9.68. The van der Waals surface area contributed by atoms with Crippen LogP contribution < -0.4 is 9.47 Å². The number of hydrogen-bond acceptors (Lipinski definition) is 5. The van der Waals surface area contributed by atoms with E-state index < -0.39 is 17.9 Å². The van der Waals surface area contributed by atoms with Crippen molar-refractivity contribution in [1.82, 2.24) is 14.5 Å². The Labute approximate surface area is 150 Å². The number of carbonyl (C=O) groups excluding carboxylic acids is 1. The lowest BCUT2D eigenvalue weighted by molar-refractivity contribution is -0.153. The number of nitrogens with zero attached hydrogens (tertiary/aromatic N) is 3. The molecule has 4 rings (SSSR count). The third-order valence-corrected chi connectivity index (χ3v) is 4.94. The molecule has 0 spiro atoms. The van der Waals surface area contributed by atoms with Crippen LogP contribution in [-0.4, -0.2) is 38.2 Å². The maximum absolute atomic E-state index is 12.7. The first kappa shape index (κ1) is 16.4. The van der Waals surface area contributed by atoms with E-state index in [2.05, 4.69) is 4.98 Å². The van der Waals surface area contributed by atoms with Gasteiger partial charge in [-0.05, 0) is 24.1 Å². The largest absolute Gasteiger partial charge is 0.481 e. The van der Waals surface area contributed by atoms with E-state index in [1.54, 1.807) is 35.0 Å². The van der Waals surface area contributed by atoms with Crippen molar-refractivity contribution < 1.29 is 24.2 Å². The molecule has 2 aliphatic heterocycles. The normalized spacial score (nSPS) is 21.9. The van der Waals surface area contributed by atoms with Crippen LogP contribution in [-0.2, 0) is 23.2 Å². The number of rotatable bonds is 4. The highest BCUT2D eigenvalue weighted by atomic mass is 16.7. The highest BCUT2D eigenvalue weighted by molar-refractivity contribution is 5.81. The summed E-state index contributed by atoms with van der Waals surface area (Å²) in [7, 11) is 1.80. The molecule has 2 atom stereocenters. The molecule has 3 heterocycles. The number of imidazole rings is 1. The van der Waals surface area contributed by atoms with Gasteiger partial charge >= 0.3 is 5.97 Å². The molecule has 0 bridgehead atoms. The van der Waals surface area contributed by atoms with Crippen molar-refractivity contribution in [2.75, 3.05) is 6.79 Å². The minimum atomic E-state index is -0.916. The zero-order valence-corrected chi connectivity index (χ0v) is 14.3. The van der Waals surface area contributed by atoms with E-state index in [9.17, 15) is 14.7 Å². The molecule has 1 N–H and O–H groups in total. The molecule has 8 nitrogen and oxygen atoms in total. The number of likely N-dealkylation sites (tertiary alicyclic amines) is 1. The molecule has 2 aliphatic rings. The smallest absolute Gasteiger partial charge is 0.309 e. The Kier molecular flexibility index (Phi) is 4.02. The number of carboxylic acid groups (broad SMARTS) is 1. The number of fused-ring (bicyclic) bond motifs is 1. The van der Waals surface area contributed by atoms with E-state index in [1.165, 1.54) is 0 Å². The first-order valence-corrected chi connectivity index (χ1v) is 8.42. The highest BCUT2D eigenvalue weighted by Crippen LogP contribution is 2.38. The fourth-order valence-corrected chi connectivity index (χ4v) is 3.62. The van der Waals surface area contributed by atoms with Crippen LogP contribution in [0.2, 0.25) is 0 Å². The number of hydrogen-bond donors (Lipinski definition) is 1. The van der Waals surface area contributed by atoms with Gasteiger partial charge in [0, 0.05) is 32.4 Å². The Morgan fingerprint density at radius 3 is 2.88 bits per heavy atom. The summed E-state index contributed by atoms with van der Waals surface area (Å²) in [5.74, 6) is 0.196. The predicted molar refractivity (Wildman–Crippen MR) is 89.4 cm³/mol. The highest BCUT2D eigenvalue weighted by Gasteiger charge is 2.42. The quantitative estimate of drug-likeness (QED) is 0.895. The number of amides is 1. The van der Waals surface area contributed by atoms with Gasteiger partial charge in [0.25, 0.3) is 0 Å². The van der Waals surface area contributed by atoms with Crippen LogP contribution in [0.5, 0.6) is 11.5 Å². The molecule has 136 valence electrons. The molecule has 8 heteroatoms. The summed E-state index contributed by atoms with van der Waals surface area (Å²) in [5.41, 5.74) is 0.854. The van der Waals surface area contributed by atoms with E-state index in [0.717, 1.165) is 5.56 Å². The van der Waals surface area contributed by atoms with Crippen molar-refractivity contribution in [3.05, 3.63) is 42.0 Å². The van der Waals surface area contributed by atoms with Crippen LogP contribution in [0.15, 0.2) is 30.6 Å². The number of piperidine rings is 1. The van der Waals surface area contributed by atoms with Gasteiger partial charge in [-0.1, -0.05) is 6.07 Å². The average molecular weight is 357 g/mol. The molecule has 1 amide bonds. The maximum Gasteiger partial charge on any atom is 0.309 e. The fraction of sp³-hybridized carbons (Fsp3) is 0.389. The van der Waals surface area contributed by atoms with Gasteiger partial charge in [0.05, 0.1) is 5.92 Å². The number of aromatic nitrogens is 2. The lowest BCUT2D eigenvalue weighted by Crippen LogP contribution is -2.45. The van der Waals surface area contributed by atoms with Gasteiger partial charge in [0.15, 0.2) is 11.5 Å². The first-order chi connectivity index (χ1) is 12.5. The SMILES string of the molecule is Cn1ccnc1[C@@H]1[C@@H](C(=O)O)CCC(=O)N1Cc1ccc2c(c1)OCO2. The standard InChI is InChI=1S/C18H19N3O5/c1-20-7-6-19-17(20)16-12(18(23)24)3-5-15(22)21(16)9-11-2-4-13-14(8-11)26-10-25-13/h2,4,6-8,12,16H,3,5,9-10H2,1H3,(H,23,24)/t12-,16-/m0/s1.